The molecule has 2 heteroatoms. The third kappa shape index (κ3) is 9.04. The van der Waals surface area contributed by atoms with E-state index in [1.165, 1.54) is 0 Å². The zero-order valence-electron chi connectivity index (χ0n) is 9.00. The topological polar surface area (TPSA) is 26.3 Å². The van der Waals surface area contributed by atoms with Crippen LogP contribution in [0.2, 0.25) is 0 Å². The molecule has 0 bridgehead atoms. The van der Waals surface area contributed by atoms with Crippen molar-refractivity contribution in [1.29, 1.82) is 0 Å². The maximum Gasteiger partial charge on any atom is 0.306 e. The largest absolute Gasteiger partial charge is 0.461 e. The fourth-order valence-electron chi connectivity index (χ4n) is 0.983. The van der Waals surface area contributed by atoms with E-state index >= 15 is 0 Å². The summed E-state index contributed by atoms with van der Waals surface area (Å²) < 4.78 is 4.94. The van der Waals surface area contributed by atoms with Gasteiger partial charge in [-0.1, -0.05) is 25.2 Å². The molecular formula is C12H20O2. The number of rotatable bonds is 8. The SMILES string of the molecule is C=CCCCC=CCOC(=O)CCC. The van der Waals surface area contributed by atoms with Crippen molar-refractivity contribution < 1.29 is 9.53 Å². The first-order chi connectivity index (χ1) is 6.81. The molecule has 14 heavy (non-hydrogen) atoms. The summed E-state index contributed by atoms with van der Waals surface area (Å²) in [5.74, 6) is -0.108. The van der Waals surface area contributed by atoms with Gasteiger partial charge in [0.05, 0.1) is 0 Å². The highest BCUT2D eigenvalue weighted by atomic mass is 16.5. The molecule has 0 fully saturated rings. The average molecular weight is 196 g/mol. The maximum atomic E-state index is 10.9. The summed E-state index contributed by atoms with van der Waals surface area (Å²) in [5, 5.41) is 0. The molecule has 0 amide bonds. The van der Waals surface area contributed by atoms with E-state index in [1.807, 2.05) is 25.2 Å². The van der Waals surface area contributed by atoms with E-state index in [4.69, 9.17) is 4.74 Å². The zero-order valence-corrected chi connectivity index (χ0v) is 9.00. The van der Waals surface area contributed by atoms with Crippen molar-refractivity contribution in [2.24, 2.45) is 0 Å². The van der Waals surface area contributed by atoms with Crippen molar-refractivity contribution in [3.05, 3.63) is 24.8 Å². The quantitative estimate of drug-likeness (QED) is 0.338. The summed E-state index contributed by atoms with van der Waals surface area (Å²) in [6.45, 7) is 6.02. The Morgan fingerprint density at radius 1 is 1.36 bits per heavy atom. The Morgan fingerprint density at radius 2 is 2.14 bits per heavy atom. The minimum atomic E-state index is -0.108. The Labute approximate surface area is 86.6 Å². The predicted molar refractivity (Wildman–Crippen MR) is 59.1 cm³/mol. The normalized spacial score (nSPS) is 10.4. The number of esters is 1. The summed E-state index contributed by atoms with van der Waals surface area (Å²) >= 11 is 0. The third-order valence-corrected chi connectivity index (χ3v) is 1.74. The molecule has 0 rings (SSSR count). The highest BCUT2D eigenvalue weighted by molar-refractivity contribution is 5.69. The van der Waals surface area contributed by atoms with Crippen molar-refractivity contribution in [3.63, 3.8) is 0 Å². The second-order valence-electron chi connectivity index (χ2n) is 3.12. The van der Waals surface area contributed by atoms with E-state index in [-0.39, 0.29) is 5.97 Å². The lowest BCUT2D eigenvalue weighted by Crippen LogP contribution is -2.02. The number of hydrogen-bond acceptors (Lipinski definition) is 2. The molecule has 0 atom stereocenters. The van der Waals surface area contributed by atoms with Gasteiger partial charge in [-0.3, -0.25) is 4.79 Å². The molecule has 0 aromatic rings. The van der Waals surface area contributed by atoms with E-state index in [1.54, 1.807) is 0 Å². The van der Waals surface area contributed by atoms with Crippen LogP contribution in [0.1, 0.15) is 39.0 Å². The van der Waals surface area contributed by atoms with Crippen molar-refractivity contribution in [2.45, 2.75) is 39.0 Å². The Bertz CT molecular complexity index is 183. The summed E-state index contributed by atoms with van der Waals surface area (Å²) in [7, 11) is 0. The lowest BCUT2D eigenvalue weighted by atomic mass is 10.2. The summed E-state index contributed by atoms with van der Waals surface area (Å²) in [6.07, 6.45) is 10.4. The molecule has 0 aromatic carbocycles. The van der Waals surface area contributed by atoms with Gasteiger partial charge in [-0.25, -0.2) is 0 Å². The van der Waals surface area contributed by atoms with Crippen LogP contribution in [0.4, 0.5) is 0 Å². The number of unbranched alkanes of at least 4 members (excludes halogenated alkanes) is 2. The summed E-state index contributed by atoms with van der Waals surface area (Å²) in [6, 6.07) is 0. The lowest BCUT2D eigenvalue weighted by Gasteiger charge is -1.98. The Kier molecular flexibility index (Phi) is 9.28. The van der Waals surface area contributed by atoms with Crippen LogP contribution < -0.4 is 0 Å². The second-order valence-corrected chi connectivity index (χ2v) is 3.12. The van der Waals surface area contributed by atoms with Gasteiger partial charge in [0.25, 0.3) is 0 Å². The van der Waals surface area contributed by atoms with E-state index in [0.717, 1.165) is 25.7 Å². The van der Waals surface area contributed by atoms with Crippen molar-refractivity contribution in [2.75, 3.05) is 6.61 Å². The molecule has 0 heterocycles. The molecule has 0 aliphatic rings. The first-order valence-corrected chi connectivity index (χ1v) is 5.22. The van der Waals surface area contributed by atoms with Crippen molar-refractivity contribution in [1.82, 2.24) is 0 Å². The monoisotopic (exact) mass is 196 g/mol. The highest BCUT2D eigenvalue weighted by Gasteiger charge is 1.96. The maximum absolute atomic E-state index is 10.9. The Morgan fingerprint density at radius 3 is 2.79 bits per heavy atom. The van der Waals surface area contributed by atoms with Crippen LogP contribution in [-0.2, 0) is 9.53 Å². The molecule has 0 radical (unpaired) electrons. The minimum Gasteiger partial charge on any atom is -0.461 e. The van der Waals surface area contributed by atoms with Gasteiger partial charge < -0.3 is 4.74 Å². The van der Waals surface area contributed by atoms with Gasteiger partial charge in [-0.15, -0.1) is 6.58 Å². The van der Waals surface area contributed by atoms with Crippen LogP contribution in [-0.4, -0.2) is 12.6 Å². The van der Waals surface area contributed by atoms with E-state index < -0.39 is 0 Å². The smallest absolute Gasteiger partial charge is 0.306 e. The molecular weight excluding hydrogens is 176 g/mol. The van der Waals surface area contributed by atoms with Crippen LogP contribution in [0.5, 0.6) is 0 Å². The fraction of sp³-hybridized carbons (Fsp3) is 0.583. The number of carbonyl (C=O) groups excluding carboxylic acids is 1. The molecule has 0 saturated carbocycles. The van der Waals surface area contributed by atoms with Gasteiger partial charge >= 0.3 is 5.97 Å². The Balaban J connectivity index is 3.25. The molecule has 0 aliphatic carbocycles. The van der Waals surface area contributed by atoms with Crippen LogP contribution in [0, 0.1) is 0 Å². The van der Waals surface area contributed by atoms with Crippen LogP contribution >= 0.6 is 0 Å². The van der Waals surface area contributed by atoms with Crippen molar-refractivity contribution in [3.8, 4) is 0 Å². The molecule has 0 spiro atoms. The van der Waals surface area contributed by atoms with E-state index in [2.05, 4.69) is 6.58 Å². The molecule has 0 N–H and O–H groups in total. The Hall–Kier alpha value is -1.05. The molecule has 0 saturated heterocycles. The molecule has 0 aromatic heterocycles. The molecule has 0 aliphatic heterocycles. The van der Waals surface area contributed by atoms with Gasteiger partial charge in [-0.05, 0) is 25.7 Å². The average Bonchev–Trinajstić information content (AvgIpc) is 2.17. The molecule has 2 nitrogen and oxygen atoms in total. The third-order valence-electron chi connectivity index (χ3n) is 1.74. The first-order valence-electron chi connectivity index (χ1n) is 5.22. The standard InChI is InChI=1S/C12H20O2/c1-3-5-6-7-8-9-11-14-12(13)10-4-2/h3,8-9H,1,4-7,10-11H2,2H3. The minimum absolute atomic E-state index is 0.108. The second kappa shape index (κ2) is 10.0. The number of ether oxygens (including phenoxy) is 1. The highest BCUT2D eigenvalue weighted by Crippen LogP contribution is 1.97. The van der Waals surface area contributed by atoms with Crippen LogP contribution in [0.3, 0.4) is 0 Å². The van der Waals surface area contributed by atoms with Gasteiger partial charge in [0.15, 0.2) is 0 Å². The summed E-state index contributed by atoms with van der Waals surface area (Å²) in [4.78, 5) is 10.9. The fourth-order valence-corrected chi connectivity index (χ4v) is 0.983. The lowest BCUT2D eigenvalue weighted by molar-refractivity contribution is -0.142. The number of carbonyl (C=O) groups is 1. The van der Waals surface area contributed by atoms with Gasteiger partial charge in [0.1, 0.15) is 6.61 Å². The van der Waals surface area contributed by atoms with E-state index in [9.17, 15) is 4.79 Å². The van der Waals surface area contributed by atoms with Gasteiger partial charge in [-0.2, -0.15) is 0 Å². The van der Waals surface area contributed by atoms with Crippen LogP contribution in [0.15, 0.2) is 24.8 Å². The molecule has 80 valence electrons. The summed E-state index contributed by atoms with van der Waals surface area (Å²) in [5.41, 5.74) is 0. The first kappa shape index (κ1) is 12.9. The van der Waals surface area contributed by atoms with Gasteiger partial charge in [0, 0.05) is 6.42 Å². The zero-order chi connectivity index (χ0) is 10.6. The predicted octanol–water partition coefficient (Wildman–Crippen LogP) is 3.24. The number of allylic oxidation sites excluding steroid dienone is 2. The van der Waals surface area contributed by atoms with E-state index in [0.29, 0.717) is 13.0 Å². The number of hydrogen-bond donors (Lipinski definition) is 0. The molecule has 0 unspecified atom stereocenters. The van der Waals surface area contributed by atoms with Crippen molar-refractivity contribution >= 4 is 5.97 Å². The van der Waals surface area contributed by atoms with Gasteiger partial charge in [0.2, 0.25) is 0 Å². The van der Waals surface area contributed by atoms with Crippen LogP contribution in [0.25, 0.3) is 0 Å².